The highest BCUT2D eigenvalue weighted by molar-refractivity contribution is 7.90. The molecule has 174 valence electrons. The molecule has 1 amide bonds. The van der Waals surface area contributed by atoms with E-state index in [1.54, 1.807) is 30.2 Å². The zero-order chi connectivity index (χ0) is 23.6. The molecule has 1 N–H and O–H groups in total. The van der Waals surface area contributed by atoms with Gasteiger partial charge in [-0.1, -0.05) is 24.3 Å². The molecule has 0 saturated heterocycles. The number of carbonyl (C=O) groups excluding carboxylic acids is 2. The van der Waals surface area contributed by atoms with Crippen molar-refractivity contribution in [1.29, 1.82) is 0 Å². The average molecular weight is 472 g/mol. The van der Waals surface area contributed by atoms with Crippen molar-refractivity contribution >= 4 is 27.7 Å². The largest absolute Gasteiger partial charge is 0.497 e. The molecule has 2 aromatic carbocycles. The number of carbonyl (C=O) groups is 2. The first kappa shape index (κ1) is 22.8. The Labute approximate surface area is 192 Å². The van der Waals surface area contributed by atoms with Crippen LogP contribution in [0.2, 0.25) is 0 Å². The second-order valence-corrected chi connectivity index (χ2v) is 9.61. The van der Waals surface area contributed by atoms with Crippen LogP contribution in [0.5, 0.6) is 5.75 Å². The molecule has 1 aliphatic heterocycles. The number of hydrogen-bond donors (Lipinski definition) is 1. The molecule has 1 heterocycles. The van der Waals surface area contributed by atoms with Gasteiger partial charge in [0, 0.05) is 18.2 Å². The molecule has 0 bridgehead atoms. The van der Waals surface area contributed by atoms with Gasteiger partial charge in [0.1, 0.15) is 17.6 Å². The highest BCUT2D eigenvalue weighted by Gasteiger charge is 2.34. The van der Waals surface area contributed by atoms with Gasteiger partial charge in [-0.3, -0.25) is 14.5 Å². The van der Waals surface area contributed by atoms with Gasteiger partial charge in [0.15, 0.2) is 6.61 Å². The van der Waals surface area contributed by atoms with Crippen molar-refractivity contribution in [2.24, 2.45) is 4.99 Å². The second-order valence-electron chi connectivity index (χ2n) is 7.96. The van der Waals surface area contributed by atoms with Crippen LogP contribution >= 0.6 is 0 Å². The number of benzene rings is 2. The fourth-order valence-corrected chi connectivity index (χ4v) is 4.79. The van der Waals surface area contributed by atoms with Gasteiger partial charge in [-0.05, 0) is 49.6 Å². The molecule has 10 heteroatoms. The van der Waals surface area contributed by atoms with E-state index in [1.165, 1.54) is 13.0 Å². The maximum atomic E-state index is 12.8. The van der Waals surface area contributed by atoms with Gasteiger partial charge in [-0.25, -0.2) is 13.2 Å². The van der Waals surface area contributed by atoms with E-state index in [2.05, 4.69) is 9.71 Å². The summed E-state index contributed by atoms with van der Waals surface area (Å²) in [7, 11) is -2.11. The SMILES string of the molecule is COc1ccc(CN(C(=O)COC(=O)[C@H](C)N=C2NS(=O)(=O)c3ccccc32)C2CC2)cc1. The number of nitrogens with zero attached hydrogens (tertiary/aromatic N) is 2. The van der Waals surface area contributed by atoms with Gasteiger partial charge >= 0.3 is 5.97 Å². The minimum atomic E-state index is -3.70. The summed E-state index contributed by atoms with van der Waals surface area (Å²) in [6.45, 7) is 1.51. The Kier molecular flexibility index (Phi) is 6.37. The van der Waals surface area contributed by atoms with Crippen LogP contribution in [0.25, 0.3) is 0 Å². The van der Waals surface area contributed by atoms with Crippen molar-refractivity contribution in [3.05, 3.63) is 59.7 Å². The molecule has 2 aromatic rings. The molecule has 0 spiro atoms. The molecular formula is C23H25N3O6S. The summed E-state index contributed by atoms with van der Waals surface area (Å²) in [5.41, 5.74) is 1.35. The topological polar surface area (TPSA) is 114 Å². The molecule has 1 saturated carbocycles. The molecule has 2 aliphatic rings. The van der Waals surface area contributed by atoms with E-state index in [-0.39, 0.29) is 22.7 Å². The lowest BCUT2D eigenvalue weighted by Gasteiger charge is -2.22. The maximum Gasteiger partial charge on any atom is 0.331 e. The summed E-state index contributed by atoms with van der Waals surface area (Å²) in [5.74, 6) is -0.173. The van der Waals surface area contributed by atoms with Crippen molar-refractivity contribution in [3.63, 3.8) is 0 Å². The predicted octanol–water partition coefficient (Wildman–Crippen LogP) is 1.86. The minimum Gasteiger partial charge on any atom is -0.497 e. The third-order valence-electron chi connectivity index (χ3n) is 5.48. The molecule has 33 heavy (non-hydrogen) atoms. The summed E-state index contributed by atoms with van der Waals surface area (Å²) in [4.78, 5) is 31.2. The monoisotopic (exact) mass is 471 g/mol. The van der Waals surface area contributed by atoms with E-state index in [0.717, 1.165) is 24.2 Å². The number of nitrogens with one attached hydrogen (secondary N) is 1. The Bertz CT molecular complexity index is 1190. The Morgan fingerprint density at radius 2 is 1.85 bits per heavy atom. The number of sulfonamides is 1. The first-order chi connectivity index (χ1) is 15.8. The van der Waals surface area contributed by atoms with E-state index in [4.69, 9.17) is 9.47 Å². The number of hydrogen-bond acceptors (Lipinski definition) is 7. The van der Waals surface area contributed by atoms with E-state index >= 15 is 0 Å². The molecule has 1 aliphatic carbocycles. The van der Waals surface area contributed by atoms with E-state index in [9.17, 15) is 18.0 Å². The molecule has 0 radical (unpaired) electrons. The summed E-state index contributed by atoms with van der Waals surface area (Å²) >= 11 is 0. The Morgan fingerprint density at radius 1 is 1.15 bits per heavy atom. The maximum absolute atomic E-state index is 12.8. The predicted molar refractivity (Wildman–Crippen MR) is 120 cm³/mol. The first-order valence-corrected chi connectivity index (χ1v) is 12.1. The molecule has 0 aromatic heterocycles. The molecule has 1 fully saturated rings. The number of esters is 1. The van der Waals surface area contributed by atoms with Gasteiger partial charge in [-0.2, -0.15) is 0 Å². The van der Waals surface area contributed by atoms with Crippen LogP contribution in [0, 0.1) is 0 Å². The van der Waals surface area contributed by atoms with Crippen LogP contribution in [0.15, 0.2) is 58.4 Å². The zero-order valence-corrected chi connectivity index (χ0v) is 19.2. The number of amides is 1. The number of rotatable bonds is 8. The van der Waals surface area contributed by atoms with E-state index in [1.807, 2.05) is 24.3 Å². The van der Waals surface area contributed by atoms with Crippen molar-refractivity contribution < 1.29 is 27.5 Å². The highest BCUT2D eigenvalue weighted by atomic mass is 32.2. The highest BCUT2D eigenvalue weighted by Crippen LogP contribution is 2.29. The van der Waals surface area contributed by atoms with E-state index < -0.39 is 28.6 Å². The molecule has 1 atom stereocenters. The number of fused-ring (bicyclic) bond motifs is 1. The van der Waals surface area contributed by atoms with Crippen molar-refractivity contribution in [2.45, 2.75) is 43.3 Å². The molecular weight excluding hydrogens is 446 g/mol. The Morgan fingerprint density at radius 3 is 2.52 bits per heavy atom. The summed E-state index contributed by atoms with van der Waals surface area (Å²) in [6.07, 6.45) is 1.83. The minimum absolute atomic E-state index is 0.0838. The van der Waals surface area contributed by atoms with Gasteiger partial charge in [0.2, 0.25) is 0 Å². The fourth-order valence-electron chi connectivity index (χ4n) is 3.55. The van der Waals surface area contributed by atoms with Crippen LogP contribution < -0.4 is 9.46 Å². The van der Waals surface area contributed by atoms with Gasteiger partial charge in [-0.15, -0.1) is 0 Å². The van der Waals surface area contributed by atoms with Crippen LogP contribution in [-0.4, -0.2) is 56.8 Å². The van der Waals surface area contributed by atoms with Gasteiger partial charge < -0.3 is 14.4 Å². The first-order valence-electron chi connectivity index (χ1n) is 10.6. The standard InChI is InChI=1S/C23H25N3O6S/c1-15(24-22-19-5-3-4-6-20(19)33(29,30)25-22)23(28)32-14-21(27)26(17-9-10-17)13-16-7-11-18(31-2)12-8-16/h3-8,11-12,15,17H,9-10,13-14H2,1-2H3,(H,24,25)/t15-/m0/s1. The third-order valence-corrected chi connectivity index (χ3v) is 6.88. The lowest BCUT2D eigenvalue weighted by molar-refractivity contribution is -0.153. The quantitative estimate of drug-likeness (QED) is 0.588. The van der Waals surface area contributed by atoms with Gasteiger partial charge in [0.05, 0.1) is 12.0 Å². The fraction of sp³-hybridized carbons (Fsp3) is 0.348. The number of ether oxygens (including phenoxy) is 2. The summed E-state index contributed by atoms with van der Waals surface area (Å²) in [6, 6.07) is 13.0. The van der Waals surface area contributed by atoms with Crippen LogP contribution in [-0.2, 0) is 30.9 Å². The molecule has 4 rings (SSSR count). The summed E-state index contributed by atoms with van der Waals surface area (Å²) < 4.78 is 37.1. The van der Waals surface area contributed by atoms with Crippen LogP contribution in [0.4, 0.5) is 0 Å². The van der Waals surface area contributed by atoms with Crippen LogP contribution in [0.3, 0.4) is 0 Å². The lowest BCUT2D eigenvalue weighted by Crippen LogP contribution is -2.37. The third kappa shape index (κ3) is 5.16. The van der Waals surface area contributed by atoms with Crippen molar-refractivity contribution in [2.75, 3.05) is 13.7 Å². The number of aliphatic imine (C=N–C) groups is 1. The number of methoxy groups -OCH3 is 1. The summed E-state index contributed by atoms with van der Waals surface area (Å²) in [5, 5.41) is 0. The average Bonchev–Trinajstić information content (AvgIpc) is 3.62. The Hall–Kier alpha value is -3.40. The normalized spacial score (nSPS) is 18.2. The number of amidine groups is 1. The van der Waals surface area contributed by atoms with E-state index in [0.29, 0.717) is 12.1 Å². The van der Waals surface area contributed by atoms with Crippen LogP contribution in [0.1, 0.15) is 30.9 Å². The van der Waals surface area contributed by atoms with Gasteiger partial charge in [0.25, 0.3) is 15.9 Å². The lowest BCUT2D eigenvalue weighted by atomic mass is 10.2. The zero-order valence-electron chi connectivity index (χ0n) is 18.4. The smallest absolute Gasteiger partial charge is 0.331 e. The molecule has 9 nitrogen and oxygen atoms in total. The Balaban J connectivity index is 1.37. The van der Waals surface area contributed by atoms with Crippen molar-refractivity contribution in [1.82, 2.24) is 9.62 Å². The molecule has 0 unspecified atom stereocenters. The van der Waals surface area contributed by atoms with Crippen molar-refractivity contribution in [3.8, 4) is 5.75 Å². The second kappa shape index (κ2) is 9.22.